The van der Waals surface area contributed by atoms with Gasteiger partial charge in [-0.2, -0.15) is 0 Å². The zero-order valence-corrected chi connectivity index (χ0v) is 28.9. The van der Waals surface area contributed by atoms with Crippen LogP contribution in [0.4, 0.5) is 0 Å². The molecular weight excluding hydrogens is 672 g/mol. The summed E-state index contributed by atoms with van der Waals surface area (Å²) in [6.45, 7) is 3.14. The number of aliphatic hydroxyl groups excluding tert-OH is 6. The van der Waals surface area contributed by atoms with Crippen LogP contribution in [0.3, 0.4) is 0 Å². The molecule has 0 unspecified atom stereocenters. The van der Waals surface area contributed by atoms with E-state index in [0.29, 0.717) is 38.5 Å². The highest BCUT2D eigenvalue weighted by Crippen LogP contribution is 2.71. The van der Waals surface area contributed by atoms with Gasteiger partial charge in [-0.25, -0.2) is 4.79 Å². The molecule has 0 bridgehead atoms. The summed E-state index contributed by atoms with van der Waals surface area (Å²) in [6.07, 6.45) is -8.89. The lowest BCUT2D eigenvalue weighted by atomic mass is 9.41. The van der Waals surface area contributed by atoms with Gasteiger partial charge in [0, 0.05) is 17.9 Å². The van der Waals surface area contributed by atoms with Crippen molar-refractivity contribution in [1.29, 1.82) is 0 Å². The highest BCUT2D eigenvalue weighted by molar-refractivity contribution is 5.64. The van der Waals surface area contributed by atoms with E-state index in [2.05, 4.69) is 6.92 Å². The molecule has 2 saturated heterocycles. The van der Waals surface area contributed by atoms with Crippen LogP contribution in [0.1, 0.15) is 83.1 Å². The van der Waals surface area contributed by atoms with Crippen LogP contribution in [0.25, 0.3) is 0 Å². The molecule has 3 heterocycles. The zero-order valence-electron chi connectivity index (χ0n) is 28.9. The molecule has 8 N–H and O–H groups in total. The predicted molar refractivity (Wildman–Crippen MR) is 173 cm³/mol. The quantitative estimate of drug-likeness (QED) is 0.127. The first kappa shape index (κ1) is 37.5. The molecule has 0 spiro atoms. The molecule has 0 radical (unpaired) electrons. The van der Waals surface area contributed by atoms with Crippen molar-refractivity contribution in [2.75, 3.05) is 6.61 Å². The van der Waals surface area contributed by atoms with Crippen molar-refractivity contribution in [2.24, 2.45) is 22.7 Å². The van der Waals surface area contributed by atoms with Gasteiger partial charge in [-0.15, -0.1) is 0 Å². The summed E-state index contributed by atoms with van der Waals surface area (Å²) >= 11 is 0. The Labute approximate surface area is 295 Å². The second kappa shape index (κ2) is 13.5. The number of fused-ring (bicyclic) bond motifs is 5. The first-order valence-electron chi connectivity index (χ1n) is 18.3. The molecule has 51 heavy (non-hydrogen) atoms. The summed E-state index contributed by atoms with van der Waals surface area (Å²) in [4.78, 5) is 24.8. The molecule has 15 nitrogen and oxygen atoms in total. The van der Waals surface area contributed by atoms with Crippen molar-refractivity contribution in [3.63, 3.8) is 0 Å². The fourth-order valence-corrected chi connectivity index (χ4v) is 11.0. The minimum atomic E-state index is -1.70. The summed E-state index contributed by atoms with van der Waals surface area (Å²) in [5.74, 6) is -0.548. The number of carbonyl (C=O) groups excluding carboxylic acids is 1. The summed E-state index contributed by atoms with van der Waals surface area (Å²) in [5.41, 5.74) is -3.79. The maximum Gasteiger partial charge on any atom is 0.335 e. The second-order valence-electron chi connectivity index (χ2n) is 16.3. The van der Waals surface area contributed by atoms with Gasteiger partial charge in [0.25, 0.3) is 0 Å². The van der Waals surface area contributed by atoms with E-state index in [-0.39, 0.29) is 37.0 Å². The Morgan fingerprint density at radius 3 is 2.24 bits per heavy atom. The molecule has 286 valence electrons. The fraction of sp³-hybridized carbons (Fsp3) is 0.833. The third-order valence-electron chi connectivity index (χ3n) is 14.1. The van der Waals surface area contributed by atoms with Crippen LogP contribution in [0.15, 0.2) is 27.6 Å². The van der Waals surface area contributed by atoms with Crippen LogP contribution in [-0.4, -0.2) is 132 Å². The van der Waals surface area contributed by atoms with Crippen LogP contribution in [0, 0.1) is 22.7 Å². The highest BCUT2D eigenvalue weighted by atomic mass is 16.7. The smallest absolute Gasteiger partial charge is 0.335 e. The topological polar surface area (TPSA) is 246 Å². The van der Waals surface area contributed by atoms with Crippen molar-refractivity contribution < 1.29 is 69.0 Å². The molecule has 0 aromatic carbocycles. The van der Waals surface area contributed by atoms with Gasteiger partial charge in [-0.3, -0.25) is 0 Å². The number of carbonyl (C=O) groups is 1. The van der Waals surface area contributed by atoms with Crippen LogP contribution < -0.4 is 5.63 Å². The van der Waals surface area contributed by atoms with E-state index in [1.54, 1.807) is 6.07 Å². The van der Waals surface area contributed by atoms with Gasteiger partial charge in [0.1, 0.15) is 49.0 Å². The van der Waals surface area contributed by atoms with Gasteiger partial charge in [-0.05, 0) is 87.7 Å². The summed E-state index contributed by atoms with van der Waals surface area (Å²) in [5, 5.41) is 87.4. The number of rotatable bonds is 7. The second-order valence-corrected chi connectivity index (χ2v) is 16.3. The molecule has 15 heteroatoms. The third kappa shape index (κ3) is 5.78. The summed E-state index contributed by atoms with van der Waals surface area (Å²) in [7, 11) is 0. The van der Waals surface area contributed by atoms with E-state index in [9.17, 15) is 50.4 Å². The SMILES string of the molecule is C[C@H]1O[C@@H](OC[C@@H]2O[C@H](O[C@H]3CC[C@@]4(C=O)[C@@H]5CC[C@@]6(C)[C@@H](c7ccc(=O)oc7)CC[C@]6(O)[C@H]5CC[C@@]4(O)C3)[C@@H](O)[C@H](O)[C@H]2O)[C@H](O)[C@@H](O)[C@@H]1O. The Bertz CT molecular complexity index is 1470. The first-order chi connectivity index (χ1) is 24.1. The molecule has 6 aliphatic rings. The number of hydrogen-bond acceptors (Lipinski definition) is 15. The number of hydrogen-bond donors (Lipinski definition) is 8. The summed E-state index contributed by atoms with van der Waals surface area (Å²) in [6, 6.07) is 3.16. The number of ether oxygens (including phenoxy) is 4. The van der Waals surface area contributed by atoms with Crippen LogP contribution in [-0.2, 0) is 23.7 Å². The van der Waals surface area contributed by atoms with E-state index in [1.807, 2.05) is 0 Å². The number of aliphatic hydroxyl groups is 8. The van der Waals surface area contributed by atoms with E-state index >= 15 is 0 Å². The monoisotopic (exact) mass is 724 g/mol. The Hall–Kier alpha value is -1.86. The maximum absolute atomic E-state index is 13.2. The van der Waals surface area contributed by atoms with Crippen molar-refractivity contribution in [2.45, 2.75) is 156 Å². The minimum Gasteiger partial charge on any atom is -0.431 e. The molecule has 18 atom stereocenters. The molecule has 1 aromatic heterocycles. The molecule has 1 aromatic rings. The lowest BCUT2D eigenvalue weighted by Gasteiger charge is -2.65. The predicted octanol–water partition coefficient (Wildman–Crippen LogP) is -0.788. The molecule has 4 saturated carbocycles. The van der Waals surface area contributed by atoms with Gasteiger partial charge in [-0.1, -0.05) is 6.92 Å². The molecule has 6 fully saturated rings. The van der Waals surface area contributed by atoms with Crippen molar-refractivity contribution in [3.05, 3.63) is 34.4 Å². The lowest BCUT2D eigenvalue weighted by Crippen LogP contribution is -2.69. The summed E-state index contributed by atoms with van der Waals surface area (Å²) < 4.78 is 28.2. The Kier molecular flexibility index (Phi) is 9.89. The minimum absolute atomic E-state index is 0.0294. The van der Waals surface area contributed by atoms with E-state index in [0.717, 1.165) is 11.8 Å². The van der Waals surface area contributed by atoms with Gasteiger partial charge in [0.05, 0.1) is 41.7 Å². The average molecular weight is 725 g/mol. The van der Waals surface area contributed by atoms with Crippen molar-refractivity contribution in [1.82, 2.24) is 0 Å². The fourth-order valence-electron chi connectivity index (χ4n) is 11.0. The van der Waals surface area contributed by atoms with Crippen molar-refractivity contribution in [3.8, 4) is 0 Å². The van der Waals surface area contributed by atoms with Gasteiger partial charge >= 0.3 is 5.63 Å². The Balaban J connectivity index is 1.03. The van der Waals surface area contributed by atoms with Gasteiger partial charge < -0.3 is 69.0 Å². The van der Waals surface area contributed by atoms with Crippen LogP contribution in [0.5, 0.6) is 0 Å². The van der Waals surface area contributed by atoms with Crippen LogP contribution >= 0.6 is 0 Å². The largest absolute Gasteiger partial charge is 0.431 e. The van der Waals surface area contributed by atoms with Crippen molar-refractivity contribution >= 4 is 6.29 Å². The first-order valence-corrected chi connectivity index (χ1v) is 18.3. The molecule has 0 amide bonds. The van der Waals surface area contributed by atoms with E-state index in [4.69, 9.17) is 23.4 Å². The average Bonchev–Trinajstić information content (AvgIpc) is 3.39. The lowest BCUT2D eigenvalue weighted by molar-refractivity contribution is -0.339. The maximum atomic E-state index is 13.2. The Morgan fingerprint density at radius 2 is 1.53 bits per heavy atom. The highest BCUT2D eigenvalue weighted by Gasteiger charge is 2.71. The van der Waals surface area contributed by atoms with Crippen LogP contribution in [0.2, 0.25) is 0 Å². The van der Waals surface area contributed by atoms with E-state index < -0.39 is 102 Å². The Morgan fingerprint density at radius 1 is 0.824 bits per heavy atom. The molecule has 2 aliphatic heterocycles. The molecular formula is C36H52O15. The number of aldehydes is 1. The third-order valence-corrected chi connectivity index (χ3v) is 14.1. The molecule has 7 rings (SSSR count). The normalized spacial score (nSPS) is 52.7. The zero-order chi connectivity index (χ0) is 36.7. The van der Waals surface area contributed by atoms with E-state index in [1.165, 1.54) is 19.3 Å². The van der Waals surface area contributed by atoms with Gasteiger partial charge in [0.2, 0.25) is 0 Å². The standard InChI is InChI=1S/C36H52O15/c1-17-25(39)27(41)29(43)31(49-17)48-15-23-26(40)28(42)30(44)32(51-23)50-19-5-10-34(16-37)21-6-9-33(2)20(18-3-4-24(38)47-14-18)8-12-36(33,46)22(21)7-11-35(34,45)13-19/h3-4,14,16-17,19-23,25-32,39-46H,5-13,15H2,1-2H3/t17-,19+,20-,21-,22+,23+,25-,26+,27+,28-,29-,30+,31-,32+,33+,34-,35-,36+/m1/s1. The molecule has 4 aliphatic carbocycles. The van der Waals surface area contributed by atoms with Gasteiger partial charge in [0.15, 0.2) is 12.6 Å².